The molecule has 6 nitrogen and oxygen atoms in total. The second kappa shape index (κ2) is 10.1. The summed E-state index contributed by atoms with van der Waals surface area (Å²) in [6, 6.07) is 14.0. The van der Waals surface area contributed by atoms with Gasteiger partial charge in [0.25, 0.3) is 0 Å². The van der Waals surface area contributed by atoms with Crippen LogP contribution in [0.4, 0.5) is 5.13 Å². The van der Waals surface area contributed by atoms with Crippen LogP contribution in [0, 0.1) is 13.8 Å². The Hall–Kier alpha value is -2.64. The molecule has 1 amide bonds. The number of amides is 1. The molecule has 1 saturated heterocycles. The number of piperazine rings is 1. The topological polar surface area (TPSA) is 57.7 Å². The van der Waals surface area contributed by atoms with Gasteiger partial charge in [-0.05, 0) is 43.2 Å². The van der Waals surface area contributed by atoms with Gasteiger partial charge in [0.2, 0.25) is 5.91 Å². The zero-order chi connectivity index (χ0) is 21.6. The standard InChI is InChI=1S/C24H30N4O2S/c1-18-16-19(2)23-21(17-18)26-24(31-23)28-13-11-27(12-14-28)10-9-25-22(29)8-15-30-20-6-4-3-5-7-20/h3-7,16-17H,8-15H2,1-2H3,(H,25,29). The molecule has 4 rings (SSSR count). The monoisotopic (exact) mass is 438 g/mol. The number of nitrogens with one attached hydrogen (secondary N) is 1. The Morgan fingerprint density at radius 3 is 2.68 bits per heavy atom. The highest BCUT2D eigenvalue weighted by atomic mass is 32.1. The molecule has 1 N–H and O–H groups in total. The highest BCUT2D eigenvalue weighted by Crippen LogP contribution is 2.32. The van der Waals surface area contributed by atoms with Crippen molar-refractivity contribution in [3.63, 3.8) is 0 Å². The highest BCUT2D eigenvalue weighted by molar-refractivity contribution is 7.22. The molecule has 0 aliphatic carbocycles. The molecule has 2 aromatic carbocycles. The number of carbonyl (C=O) groups is 1. The van der Waals surface area contributed by atoms with E-state index in [4.69, 9.17) is 9.72 Å². The van der Waals surface area contributed by atoms with Gasteiger partial charge >= 0.3 is 0 Å². The maximum atomic E-state index is 12.0. The summed E-state index contributed by atoms with van der Waals surface area (Å²) in [6.45, 7) is 10.1. The quantitative estimate of drug-likeness (QED) is 0.582. The van der Waals surface area contributed by atoms with Crippen LogP contribution in [0.3, 0.4) is 0 Å². The van der Waals surface area contributed by atoms with E-state index in [0.717, 1.165) is 49.1 Å². The normalized spacial score (nSPS) is 14.7. The van der Waals surface area contributed by atoms with Crippen molar-refractivity contribution >= 4 is 32.6 Å². The van der Waals surface area contributed by atoms with Crippen LogP contribution in [0.5, 0.6) is 5.75 Å². The molecule has 2 heterocycles. The van der Waals surface area contributed by atoms with E-state index >= 15 is 0 Å². The number of thiazole rings is 1. The zero-order valence-corrected chi connectivity index (χ0v) is 19.1. The van der Waals surface area contributed by atoms with Crippen molar-refractivity contribution in [1.82, 2.24) is 15.2 Å². The summed E-state index contributed by atoms with van der Waals surface area (Å²) in [7, 11) is 0. The summed E-state index contributed by atoms with van der Waals surface area (Å²) in [5, 5.41) is 4.12. The number of hydrogen-bond acceptors (Lipinski definition) is 6. The molecule has 0 saturated carbocycles. The molecular formula is C24H30N4O2S. The first kappa shape index (κ1) is 21.6. The van der Waals surface area contributed by atoms with Gasteiger partial charge in [0.15, 0.2) is 5.13 Å². The first-order valence-electron chi connectivity index (χ1n) is 10.9. The van der Waals surface area contributed by atoms with Crippen LogP contribution >= 0.6 is 11.3 Å². The number of para-hydroxylation sites is 1. The van der Waals surface area contributed by atoms with Crippen molar-refractivity contribution in [2.75, 3.05) is 50.8 Å². The Labute approximate surface area is 187 Å². The summed E-state index contributed by atoms with van der Waals surface area (Å²) < 4.78 is 6.87. The van der Waals surface area contributed by atoms with Crippen molar-refractivity contribution in [1.29, 1.82) is 0 Å². The van der Waals surface area contributed by atoms with Gasteiger partial charge in [-0.15, -0.1) is 0 Å². The number of ether oxygens (including phenoxy) is 1. The third-order valence-electron chi connectivity index (χ3n) is 5.54. The average molecular weight is 439 g/mol. The average Bonchev–Trinajstić information content (AvgIpc) is 3.19. The Kier molecular flexibility index (Phi) is 7.04. The predicted octanol–water partition coefficient (Wildman–Crippen LogP) is 3.62. The lowest BCUT2D eigenvalue weighted by atomic mass is 10.1. The van der Waals surface area contributed by atoms with E-state index in [1.54, 1.807) is 11.3 Å². The number of carbonyl (C=O) groups excluding carboxylic acids is 1. The zero-order valence-electron chi connectivity index (χ0n) is 18.3. The van der Waals surface area contributed by atoms with E-state index < -0.39 is 0 Å². The van der Waals surface area contributed by atoms with Crippen LogP contribution in [-0.2, 0) is 4.79 Å². The van der Waals surface area contributed by atoms with Crippen molar-refractivity contribution in [3.8, 4) is 5.75 Å². The van der Waals surface area contributed by atoms with Gasteiger partial charge in [-0.2, -0.15) is 0 Å². The maximum absolute atomic E-state index is 12.0. The van der Waals surface area contributed by atoms with Gasteiger partial charge in [0.1, 0.15) is 5.75 Å². The number of aryl methyl sites for hydroxylation is 2. The summed E-state index contributed by atoms with van der Waals surface area (Å²) in [5.41, 5.74) is 3.68. The highest BCUT2D eigenvalue weighted by Gasteiger charge is 2.20. The Morgan fingerprint density at radius 1 is 1.13 bits per heavy atom. The van der Waals surface area contributed by atoms with E-state index in [1.165, 1.54) is 15.8 Å². The van der Waals surface area contributed by atoms with Crippen LogP contribution in [0.25, 0.3) is 10.2 Å². The van der Waals surface area contributed by atoms with E-state index in [2.05, 4.69) is 41.1 Å². The number of benzene rings is 2. The number of aromatic nitrogens is 1. The van der Waals surface area contributed by atoms with E-state index in [-0.39, 0.29) is 5.91 Å². The van der Waals surface area contributed by atoms with Gasteiger partial charge in [-0.3, -0.25) is 9.69 Å². The number of fused-ring (bicyclic) bond motifs is 1. The smallest absolute Gasteiger partial charge is 0.223 e. The molecule has 1 aliphatic heterocycles. The lowest BCUT2D eigenvalue weighted by molar-refractivity contribution is -0.121. The second-order valence-corrected chi connectivity index (χ2v) is 8.99. The van der Waals surface area contributed by atoms with Crippen molar-refractivity contribution in [2.24, 2.45) is 0 Å². The minimum absolute atomic E-state index is 0.0368. The largest absolute Gasteiger partial charge is 0.493 e. The van der Waals surface area contributed by atoms with E-state index in [1.807, 2.05) is 30.3 Å². The molecular weight excluding hydrogens is 408 g/mol. The molecule has 1 aromatic heterocycles. The molecule has 164 valence electrons. The number of rotatable bonds is 8. The van der Waals surface area contributed by atoms with E-state index in [0.29, 0.717) is 19.6 Å². The Balaban J connectivity index is 1.16. The lowest BCUT2D eigenvalue weighted by Crippen LogP contribution is -2.48. The second-order valence-electron chi connectivity index (χ2n) is 8.02. The number of anilines is 1. The molecule has 0 bridgehead atoms. The Morgan fingerprint density at radius 2 is 1.90 bits per heavy atom. The fourth-order valence-electron chi connectivity index (χ4n) is 3.88. The molecule has 7 heteroatoms. The summed E-state index contributed by atoms with van der Waals surface area (Å²) in [5.74, 6) is 0.835. The SMILES string of the molecule is Cc1cc(C)c2sc(N3CCN(CCNC(=O)CCOc4ccccc4)CC3)nc2c1. The molecule has 3 aromatic rings. The van der Waals surface area contributed by atoms with Crippen LogP contribution in [0.1, 0.15) is 17.5 Å². The molecule has 1 aliphatic rings. The molecule has 1 fully saturated rings. The maximum Gasteiger partial charge on any atom is 0.223 e. The van der Waals surface area contributed by atoms with Crippen molar-refractivity contribution in [2.45, 2.75) is 20.3 Å². The summed E-state index contributed by atoms with van der Waals surface area (Å²) in [4.78, 5) is 21.7. The van der Waals surface area contributed by atoms with Gasteiger partial charge in [0.05, 0.1) is 23.2 Å². The van der Waals surface area contributed by atoms with Crippen LogP contribution < -0.4 is 15.0 Å². The fraction of sp³-hybridized carbons (Fsp3) is 0.417. The Bertz CT molecular complexity index is 1010. The van der Waals surface area contributed by atoms with Gasteiger partial charge in [0, 0.05) is 39.3 Å². The van der Waals surface area contributed by atoms with Gasteiger partial charge < -0.3 is 15.0 Å². The van der Waals surface area contributed by atoms with Crippen LogP contribution in [-0.4, -0.2) is 61.7 Å². The minimum Gasteiger partial charge on any atom is -0.493 e. The molecule has 0 radical (unpaired) electrons. The molecule has 0 spiro atoms. The molecule has 0 atom stereocenters. The molecule has 31 heavy (non-hydrogen) atoms. The van der Waals surface area contributed by atoms with Crippen molar-refractivity contribution < 1.29 is 9.53 Å². The third-order valence-corrected chi connectivity index (χ3v) is 6.81. The van der Waals surface area contributed by atoms with Crippen LogP contribution in [0.2, 0.25) is 0 Å². The number of hydrogen-bond donors (Lipinski definition) is 1. The molecule has 0 unspecified atom stereocenters. The van der Waals surface area contributed by atoms with Gasteiger partial charge in [-0.1, -0.05) is 35.6 Å². The predicted molar refractivity (Wildman–Crippen MR) is 127 cm³/mol. The fourth-order valence-corrected chi connectivity index (χ4v) is 4.95. The van der Waals surface area contributed by atoms with Crippen LogP contribution in [0.15, 0.2) is 42.5 Å². The lowest BCUT2D eigenvalue weighted by Gasteiger charge is -2.34. The first-order chi connectivity index (χ1) is 15.1. The van der Waals surface area contributed by atoms with Crippen molar-refractivity contribution in [3.05, 3.63) is 53.6 Å². The summed E-state index contributed by atoms with van der Waals surface area (Å²) in [6.07, 6.45) is 0.374. The van der Waals surface area contributed by atoms with E-state index in [9.17, 15) is 4.79 Å². The first-order valence-corrected chi connectivity index (χ1v) is 11.7. The third kappa shape index (κ3) is 5.74. The summed E-state index contributed by atoms with van der Waals surface area (Å²) >= 11 is 1.80. The van der Waals surface area contributed by atoms with Gasteiger partial charge in [-0.25, -0.2) is 4.98 Å². The minimum atomic E-state index is 0.0368. The number of nitrogens with zero attached hydrogens (tertiary/aromatic N) is 3.